The summed E-state index contributed by atoms with van der Waals surface area (Å²) in [5.41, 5.74) is 1.83. The van der Waals surface area contributed by atoms with Gasteiger partial charge in [-0.1, -0.05) is 30.3 Å². The largest absolute Gasteiger partial charge is 0.485 e. The first-order chi connectivity index (χ1) is 8.83. The summed E-state index contributed by atoms with van der Waals surface area (Å²) in [6, 6.07) is 13.8. The first kappa shape index (κ1) is 11.2. The number of hydrogen-bond donors (Lipinski definition) is 0. The Bertz CT molecular complexity index is 666. The van der Waals surface area contributed by atoms with Crippen molar-refractivity contribution in [3.05, 3.63) is 59.0 Å². The van der Waals surface area contributed by atoms with Crippen LogP contribution in [0.2, 0.25) is 0 Å². The van der Waals surface area contributed by atoms with Gasteiger partial charge in [-0.2, -0.15) is 4.98 Å². The number of aromatic nitrogens is 3. The molecule has 0 radical (unpaired) electrons. The van der Waals surface area contributed by atoms with Crippen molar-refractivity contribution < 1.29 is 4.74 Å². The highest BCUT2D eigenvalue weighted by atomic mass is 79.9. The van der Waals surface area contributed by atoms with Crippen LogP contribution in [0, 0.1) is 0 Å². The van der Waals surface area contributed by atoms with E-state index in [-0.39, 0.29) is 0 Å². The highest BCUT2D eigenvalue weighted by Crippen LogP contribution is 2.20. The number of ether oxygens (including phenoxy) is 1. The van der Waals surface area contributed by atoms with Crippen LogP contribution < -0.4 is 4.74 Å². The number of pyridine rings is 1. The quantitative estimate of drug-likeness (QED) is 0.746. The smallest absolute Gasteiger partial charge is 0.218 e. The average Bonchev–Trinajstić information content (AvgIpc) is 2.78. The van der Waals surface area contributed by atoms with Gasteiger partial charge in [0.1, 0.15) is 6.61 Å². The SMILES string of the molecule is Brc1nc2c(OCc3ccccc3)cccn2n1. The minimum atomic E-state index is 0.519. The zero-order valence-electron chi connectivity index (χ0n) is 9.45. The molecule has 0 aliphatic carbocycles. The summed E-state index contributed by atoms with van der Waals surface area (Å²) in [6.45, 7) is 0.519. The monoisotopic (exact) mass is 303 g/mol. The molecule has 0 fully saturated rings. The van der Waals surface area contributed by atoms with Crippen LogP contribution in [-0.2, 0) is 6.61 Å². The van der Waals surface area contributed by atoms with Crippen LogP contribution in [0.25, 0.3) is 5.65 Å². The normalized spacial score (nSPS) is 10.7. The van der Waals surface area contributed by atoms with E-state index in [9.17, 15) is 0 Å². The molecule has 0 atom stereocenters. The van der Waals surface area contributed by atoms with Gasteiger partial charge >= 0.3 is 0 Å². The van der Waals surface area contributed by atoms with Crippen molar-refractivity contribution in [2.45, 2.75) is 6.61 Å². The number of rotatable bonds is 3. The second-order valence-electron chi connectivity index (χ2n) is 3.80. The molecule has 5 heteroatoms. The molecule has 4 nitrogen and oxygen atoms in total. The van der Waals surface area contributed by atoms with Crippen molar-refractivity contribution in [3.63, 3.8) is 0 Å². The lowest BCUT2D eigenvalue weighted by Gasteiger charge is -2.06. The molecule has 0 saturated heterocycles. The number of fused-ring (bicyclic) bond motifs is 1. The van der Waals surface area contributed by atoms with E-state index < -0.39 is 0 Å². The molecule has 0 amide bonds. The number of halogens is 1. The van der Waals surface area contributed by atoms with Crippen molar-refractivity contribution in [1.82, 2.24) is 14.6 Å². The van der Waals surface area contributed by atoms with E-state index in [0.29, 0.717) is 17.0 Å². The predicted molar refractivity (Wildman–Crippen MR) is 71.5 cm³/mol. The summed E-state index contributed by atoms with van der Waals surface area (Å²) in [4.78, 5) is 4.27. The van der Waals surface area contributed by atoms with Crippen molar-refractivity contribution in [2.24, 2.45) is 0 Å². The fourth-order valence-electron chi connectivity index (χ4n) is 1.70. The van der Waals surface area contributed by atoms with E-state index in [1.807, 2.05) is 48.7 Å². The molecule has 18 heavy (non-hydrogen) atoms. The lowest BCUT2D eigenvalue weighted by molar-refractivity contribution is 0.308. The zero-order chi connectivity index (χ0) is 12.4. The van der Waals surface area contributed by atoms with E-state index >= 15 is 0 Å². The minimum absolute atomic E-state index is 0.519. The molecular weight excluding hydrogens is 294 g/mol. The summed E-state index contributed by atoms with van der Waals surface area (Å²) < 4.78 is 8.01. The molecule has 0 bridgehead atoms. The third-order valence-electron chi connectivity index (χ3n) is 2.54. The molecule has 0 saturated carbocycles. The Morgan fingerprint density at radius 1 is 1.11 bits per heavy atom. The molecule has 2 heterocycles. The van der Waals surface area contributed by atoms with Gasteiger partial charge in [-0.3, -0.25) is 0 Å². The van der Waals surface area contributed by atoms with E-state index in [1.54, 1.807) is 4.52 Å². The maximum absolute atomic E-state index is 5.77. The molecular formula is C13H10BrN3O. The Hall–Kier alpha value is -1.88. The Balaban J connectivity index is 1.86. The number of benzene rings is 1. The van der Waals surface area contributed by atoms with Crippen molar-refractivity contribution in [2.75, 3.05) is 0 Å². The van der Waals surface area contributed by atoms with Gasteiger partial charge in [0.05, 0.1) is 0 Å². The second kappa shape index (κ2) is 4.78. The Morgan fingerprint density at radius 2 is 1.94 bits per heavy atom. The summed E-state index contributed by atoms with van der Waals surface area (Å²) >= 11 is 3.26. The van der Waals surface area contributed by atoms with Crippen molar-refractivity contribution >= 4 is 21.6 Å². The maximum Gasteiger partial charge on any atom is 0.218 e. The van der Waals surface area contributed by atoms with Gasteiger partial charge in [-0.05, 0) is 33.6 Å². The first-order valence-electron chi connectivity index (χ1n) is 5.50. The fourth-order valence-corrected chi connectivity index (χ4v) is 2.04. The first-order valence-corrected chi connectivity index (χ1v) is 6.30. The standard InChI is InChI=1S/C13H10BrN3O/c14-13-15-12-11(7-4-8-17(12)16-13)18-9-10-5-2-1-3-6-10/h1-8H,9H2. The molecule has 0 N–H and O–H groups in total. The molecule has 3 aromatic rings. The van der Waals surface area contributed by atoms with Crippen LogP contribution in [0.4, 0.5) is 0 Å². The van der Waals surface area contributed by atoms with Crippen LogP contribution >= 0.6 is 15.9 Å². The molecule has 1 aromatic carbocycles. The van der Waals surface area contributed by atoms with E-state index in [0.717, 1.165) is 11.3 Å². The molecule has 2 aromatic heterocycles. The highest BCUT2D eigenvalue weighted by molar-refractivity contribution is 9.10. The third kappa shape index (κ3) is 2.22. The van der Waals surface area contributed by atoms with Gasteiger partial charge in [0, 0.05) is 6.20 Å². The van der Waals surface area contributed by atoms with Gasteiger partial charge in [0.15, 0.2) is 11.4 Å². The lowest BCUT2D eigenvalue weighted by Crippen LogP contribution is -1.97. The average molecular weight is 304 g/mol. The fraction of sp³-hybridized carbons (Fsp3) is 0.0769. The maximum atomic E-state index is 5.77. The van der Waals surface area contributed by atoms with Crippen LogP contribution in [0.3, 0.4) is 0 Å². The molecule has 0 unspecified atom stereocenters. The van der Waals surface area contributed by atoms with Crippen molar-refractivity contribution in [3.8, 4) is 5.75 Å². The molecule has 0 spiro atoms. The number of hydrogen-bond acceptors (Lipinski definition) is 3. The molecule has 0 aliphatic rings. The van der Waals surface area contributed by atoms with Crippen LogP contribution in [-0.4, -0.2) is 14.6 Å². The van der Waals surface area contributed by atoms with Crippen LogP contribution in [0.5, 0.6) is 5.75 Å². The summed E-state index contributed by atoms with van der Waals surface area (Å²) in [6.07, 6.45) is 1.84. The summed E-state index contributed by atoms with van der Waals surface area (Å²) in [5.74, 6) is 0.722. The predicted octanol–water partition coefficient (Wildman–Crippen LogP) is 3.07. The van der Waals surface area contributed by atoms with Gasteiger partial charge in [0.2, 0.25) is 4.73 Å². The van der Waals surface area contributed by atoms with Gasteiger partial charge in [0.25, 0.3) is 0 Å². The third-order valence-corrected chi connectivity index (χ3v) is 2.87. The minimum Gasteiger partial charge on any atom is -0.485 e. The van der Waals surface area contributed by atoms with E-state index in [1.165, 1.54) is 0 Å². The van der Waals surface area contributed by atoms with Crippen molar-refractivity contribution in [1.29, 1.82) is 0 Å². The van der Waals surface area contributed by atoms with Gasteiger partial charge in [-0.15, -0.1) is 5.10 Å². The van der Waals surface area contributed by atoms with Crippen LogP contribution in [0.15, 0.2) is 53.4 Å². The van der Waals surface area contributed by atoms with E-state index in [4.69, 9.17) is 4.74 Å². The number of nitrogens with zero attached hydrogens (tertiary/aromatic N) is 3. The highest BCUT2D eigenvalue weighted by Gasteiger charge is 2.07. The Kier molecular flexibility index (Phi) is 2.98. The topological polar surface area (TPSA) is 39.4 Å². The molecule has 90 valence electrons. The van der Waals surface area contributed by atoms with Crippen LogP contribution in [0.1, 0.15) is 5.56 Å². The zero-order valence-corrected chi connectivity index (χ0v) is 11.0. The molecule has 3 rings (SSSR count). The molecule has 0 aliphatic heterocycles. The summed E-state index contributed by atoms with van der Waals surface area (Å²) in [7, 11) is 0. The second-order valence-corrected chi connectivity index (χ2v) is 4.51. The summed E-state index contributed by atoms with van der Waals surface area (Å²) in [5, 5.41) is 4.17. The van der Waals surface area contributed by atoms with Gasteiger partial charge < -0.3 is 4.74 Å². The van der Waals surface area contributed by atoms with E-state index in [2.05, 4.69) is 26.0 Å². The Labute approximate surface area is 112 Å². The Morgan fingerprint density at radius 3 is 2.78 bits per heavy atom. The lowest BCUT2D eigenvalue weighted by atomic mass is 10.2. The van der Waals surface area contributed by atoms with Gasteiger partial charge in [-0.25, -0.2) is 4.52 Å².